The van der Waals surface area contributed by atoms with E-state index in [-0.39, 0.29) is 12.1 Å². The monoisotopic (exact) mass is 440 g/mol. The minimum Gasteiger partial charge on any atom is -0.466 e. The fourth-order valence-electron chi connectivity index (χ4n) is 3.93. The van der Waals surface area contributed by atoms with Crippen molar-refractivity contribution in [2.75, 3.05) is 18.7 Å². The van der Waals surface area contributed by atoms with Crippen LogP contribution in [0.25, 0.3) is 0 Å². The van der Waals surface area contributed by atoms with E-state index in [0.717, 1.165) is 37.1 Å². The summed E-state index contributed by atoms with van der Waals surface area (Å²) in [6.45, 7) is 0. The number of nitrogens with one attached hydrogen (secondary N) is 1. The van der Waals surface area contributed by atoms with Crippen LogP contribution in [0.4, 0.5) is 4.79 Å². The van der Waals surface area contributed by atoms with Crippen molar-refractivity contribution < 1.29 is 14.3 Å². The molecule has 162 valence electrons. The van der Waals surface area contributed by atoms with Crippen molar-refractivity contribution in [3.63, 3.8) is 0 Å². The largest absolute Gasteiger partial charge is 0.466 e. The van der Waals surface area contributed by atoms with Gasteiger partial charge in [-0.3, -0.25) is 4.90 Å². The molecular weight excluding hydrogens is 416 g/mol. The fraction of sp³-hybridized carbons (Fsp3) is 0.429. The molecule has 31 heavy (non-hydrogen) atoms. The van der Waals surface area contributed by atoms with Crippen LogP contribution in [0, 0.1) is 0 Å². The number of aromatic nitrogens is 3. The van der Waals surface area contributed by atoms with Gasteiger partial charge in [-0.1, -0.05) is 42.1 Å². The number of ether oxygens (including phenoxy) is 1. The Kier molecular flexibility index (Phi) is 5.09. The van der Waals surface area contributed by atoms with Crippen LogP contribution in [0.1, 0.15) is 49.0 Å². The molecular formula is C21H24N6O3S. The summed E-state index contributed by atoms with van der Waals surface area (Å²) in [5.74, 6) is 7.27. The van der Waals surface area contributed by atoms with E-state index in [4.69, 9.17) is 10.6 Å². The van der Waals surface area contributed by atoms with Crippen molar-refractivity contribution in [2.24, 2.45) is 0 Å². The van der Waals surface area contributed by atoms with E-state index in [1.807, 2.05) is 30.3 Å². The highest BCUT2D eigenvalue weighted by atomic mass is 32.2. The Bertz CT molecular complexity index is 1040. The molecule has 0 radical (unpaired) electrons. The number of rotatable bonds is 7. The van der Waals surface area contributed by atoms with E-state index in [0.29, 0.717) is 28.1 Å². The van der Waals surface area contributed by atoms with Gasteiger partial charge in [0.25, 0.3) is 0 Å². The SMILES string of the molecule is COC(=O)C1=C(CSc2nnc(C3CC3)n2N)N(C2CC2)C(=O)NC1c1ccccc1. The number of carbonyl (C=O) groups excluding carboxylic acids is 2. The zero-order chi connectivity index (χ0) is 21.5. The van der Waals surface area contributed by atoms with Gasteiger partial charge in [0.15, 0.2) is 5.82 Å². The molecule has 2 saturated carbocycles. The van der Waals surface area contributed by atoms with Crippen LogP contribution in [0.15, 0.2) is 46.8 Å². The first-order valence-electron chi connectivity index (χ1n) is 10.4. The summed E-state index contributed by atoms with van der Waals surface area (Å²) < 4.78 is 6.66. The maximum absolute atomic E-state index is 13.1. The quantitative estimate of drug-likeness (QED) is 0.386. The number of nitrogen functional groups attached to an aromatic ring is 1. The number of nitrogens with two attached hydrogens (primary N) is 1. The molecule has 3 N–H and O–H groups in total. The maximum Gasteiger partial charge on any atom is 0.338 e. The molecule has 2 amide bonds. The lowest BCUT2D eigenvalue weighted by molar-refractivity contribution is -0.136. The van der Waals surface area contributed by atoms with Crippen molar-refractivity contribution in [3.05, 3.63) is 53.0 Å². The summed E-state index contributed by atoms with van der Waals surface area (Å²) in [7, 11) is 1.36. The Labute approximate surface area is 184 Å². The summed E-state index contributed by atoms with van der Waals surface area (Å²) >= 11 is 1.38. The standard InChI is InChI=1S/C21H24N6O3S/c1-30-19(28)16-15(11-31-21-25-24-18(27(21)22)13-7-8-13)26(14-9-10-14)20(29)23-17(16)12-5-3-2-4-6-12/h2-6,13-14,17H,7-11,22H2,1H3,(H,23,29). The fourth-order valence-corrected chi connectivity index (χ4v) is 4.82. The van der Waals surface area contributed by atoms with Crippen LogP contribution < -0.4 is 11.2 Å². The minimum absolute atomic E-state index is 0.0877. The Hall–Kier alpha value is -3.01. The molecule has 1 unspecified atom stereocenters. The smallest absolute Gasteiger partial charge is 0.338 e. The first-order chi connectivity index (χ1) is 15.1. The number of urea groups is 1. The number of carbonyl (C=O) groups is 2. The number of benzene rings is 1. The van der Waals surface area contributed by atoms with Crippen molar-refractivity contribution in [3.8, 4) is 0 Å². The molecule has 9 nitrogen and oxygen atoms in total. The lowest BCUT2D eigenvalue weighted by atomic mass is 9.95. The molecule has 1 aromatic carbocycles. The van der Waals surface area contributed by atoms with Crippen LogP contribution in [0.2, 0.25) is 0 Å². The number of thioether (sulfide) groups is 1. The topological polar surface area (TPSA) is 115 Å². The molecule has 10 heteroatoms. The first kappa shape index (κ1) is 19.9. The molecule has 1 aromatic heterocycles. The van der Waals surface area contributed by atoms with E-state index in [9.17, 15) is 9.59 Å². The highest BCUT2D eigenvalue weighted by Gasteiger charge is 2.44. The van der Waals surface area contributed by atoms with E-state index in [2.05, 4.69) is 15.5 Å². The number of hydrogen-bond acceptors (Lipinski definition) is 7. The molecule has 2 fully saturated rings. The highest BCUT2D eigenvalue weighted by molar-refractivity contribution is 7.99. The molecule has 1 atom stereocenters. The molecule has 0 spiro atoms. The summed E-state index contributed by atoms with van der Waals surface area (Å²) in [4.78, 5) is 27.7. The molecule has 2 aromatic rings. The molecule has 5 rings (SSSR count). The normalized spacial score (nSPS) is 21.3. The highest BCUT2D eigenvalue weighted by Crippen LogP contribution is 2.41. The van der Waals surface area contributed by atoms with Gasteiger partial charge in [-0.25, -0.2) is 14.3 Å². The predicted molar refractivity (Wildman–Crippen MR) is 114 cm³/mol. The van der Waals surface area contributed by atoms with Gasteiger partial charge in [0, 0.05) is 23.4 Å². The van der Waals surface area contributed by atoms with Crippen molar-refractivity contribution in [1.29, 1.82) is 0 Å². The lowest BCUT2D eigenvalue weighted by Crippen LogP contribution is -2.50. The molecule has 0 bridgehead atoms. The average molecular weight is 441 g/mol. The second-order valence-electron chi connectivity index (χ2n) is 8.02. The van der Waals surface area contributed by atoms with Gasteiger partial charge < -0.3 is 15.9 Å². The molecule has 2 aliphatic carbocycles. The Morgan fingerprint density at radius 1 is 1.23 bits per heavy atom. The van der Waals surface area contributed by atoms with Gasteiger partial charge >= 0.3 is 12.0 Å². The minimum atomic E-state index is -0.579. The van der Waals surface area contributed by atoms with Crippen LogP contribution in [0.5, 0.6) is 0 Å². The maximum atomic E-state index is 13.1. The third-order valence-corrected chi connectivity index (χ3v) is 6.75. The van der Waals surface area contributed by atoms with Crippen LogP contribution in [0.3, 0.4) is 0 Å². The van der Waals surface area contributed by atoms with E-state index < -0.39 is 12.0 Å². The number of methoxy groups -OCH3 is 1. The van der Waals surface area contributed by atoms with E-state index in [1.165, 1.54) is 23.5 Å². The van der Waals surface area contributed by atoms with Gasteiger partial charge in [-0.15, -0.1) is 10.2 Å². The number of nitrogens with zero attached hydrogens (tertiary/aromatic N) is 4. The summed E-state index contributed by atoms with van der Waals surface area (Å²) in [5, 5.41) is 12.0. The number of hydrogen-bond donors (Lipinski definition) is 2. The van der Waals surface area contributed by atoms with Gasteiger partial charge in [-0.2, -0.15) is 0 Å². The Morgan fingerprint density at radius 2 is 1.97 bits per heavy atom. The molecule has 2 heterocycles. The van der Waals surface area contributed by atoms with E-state index in [1.54, 1.807) is 4.90 Å². The summed E-state index contributed by atoms with van der Waals surface area (Å²) in [6, 6.07) is 8.76. The molecule has 3 aliphatic rings. The second kappa shape index (κ2) is 7.92. The molecule has 0 saturated heterocycles. The summed E-state index contributed by atoms with van der Waals surface area (Å²) in [5.41, 5.74) is 1.92. The third kappa shape index (κ3) is 3.76. The lowest BCUT2D eigenvalue weighted by Gasteiger charge is -2.36. The predicted octanol–water partition coefficient (Wildman–Crippen LogP) is 2.32. The second-order valence-corrected chi connectivity index (χ2v) is 8.96. The first-order valence-corrected chi connectivity index (χ1v) is 11.4. The van der Waals surface area contributed by atoms with E-state index >= 15 is 0 Å². The van der Waals surface area contributed by atoms with Crippen LogP contribution in [-0.2, 0) is 9.53 Å². The zero-order valence-corrected chi connectivity index (χ0v) is 18.0. The number of amides is 2. The van der Waals surface area contributed by atoms with Crippen molar-refractivity contribution in [1.82, 2.24) is 25.1 Å². The van der Waals surface area contributed by atoms with Gasteiger partial charge in [-0.05, 0) is 31.2 Å². The third-order valence-electron chi connectivity index (χ3n) is 5.80. The van der Waals surface area contributed by atoms with Gasteiger partial charge in [0.05, 0.1) is 18.7 Å². The Morgan fingerprint density at radius 3 is 2.61 bits per heavy atom. The van der Waals surface area contributed by atoms with Gasteiger partial charge in [0.2, 0.25) is 5.16 Å². The Balaban J connectivity index is 1.53. The van der Waals surface area contributed by atoms with Crippen molar-refractivity contribution in [2.45, 2.75) is 48.8 Å². The zero-order valence-electron chi connectivity index (χ0n) is 17.2. The van der Waals surface area contributed by atoms with Gasteiger partial charge in [0.1, 0.15) is 0 Å². The molecule has 1 aliphatic heterocycles. The van der Waals surface area contributed by atoms with Crippen molar-refractivity contribution >= 4 is 23.8 Å². The average Bonchev–Trinajstić information content (AvgIpc) is 3.71. The number of esters is 1. The summed E-state index contributed by atoms with van der Waals surface area (Å²) in [6.07, 6.45) is 3.97. The van der Waals surface area contributed by atoms with Crippen LogP contribution >= 0.6 is 11.8 Å². The van der Waals surface area contributed by atoms with Crippen LogP contribution in [-0.4, -0.2) is 50.7 Å².